The lowest BCUT2D eigenvalue weighted by molar-refractivity contribution is -0.134. The smallest absolute Gasteiger partial charge is 0.261 e. The third-order valence-electron chi connectivity index (χ3n) is 4.77. The third kappa shape index (κ3) is 3.81. The predicted octanol–water partition coefficient (Wildman–Crippen LogP) is 3.99. The molecule has 1 saturated heterocycles. The summed E-state index contributed by atoms with van der Waals surface area (Å²) >= 11 is 5.95. The summed E-state index contributed by atoms with van der Waals surface area (Å²) in [4.78, 5) is 14.5. The summed E-state index contributed by atoms with van der Waals surface area (Å²) in [5, 5.41) is 0.146. The van der Waals surface area contributed by atoms with Gasteiger partial charge in [-0.25, -0.2) is 4.39 Å². The van der Waals surface area contributed by atoms with E-state index in [9.17, 15) is 9.18 Å². The van der Waals surface area contributed by atoms with E-state index in [1.807, 2.05) is 23.1 Å². The number of carbonyl (C=O) groups excluding carboxylic acids is 1. The minimum Gasteiger partial charge on any atom is -0.486 e. The second-order valence-corrected chi connectivity index (χ2v) is 6.92. The Balaban J connectivity index is 1.45. The molecule has 2 aliphatic rings. The van der Waals surface area contributed by atoms with E-state index in [4.69, 9.17) is 25.8 Å². The van der Waals surface area contributed by atoms with Crippen LogP contribution >= 0.6 is 11.6 Å². The van der Waals surface area contributed by atoms with Gasteiger partial charge < -0.3 is 19.1 Å². The highest BCUT2D eigenvalue weighted by molar-refractivity contribution is 6.32. The molecule has 0 radical (unpaired) electrons. The largest absolute Gasteiger partial charge is 0.486 e. The van der Waals surface area contributed by atoms with Gasteiger partial charge in [0.25, 0.3) is 5.91 Å². The Morgan fingerprint density at radius 2 is 2.00 bits per heavy atom. The van der Waals surface area contributed by atoms with Crippen LogP contribution in [-0.4, -0.2) is 37.2 Å². The van der Waals surface area contributed by atoms with E-state index < -0.39 is 5.82 Å². The van der Waals surface area contributed by atoms with E-state index in [0.29, 0.717) is 31.3 Å². The molecule has 0 N–H and O–H groups in total. The molecule has 5 nitrogen and oxygen atoms in total. The van der Waals surface area contributed by atoms with Gasteiger partial charge in [0.15, 0.2) is 18.1 Å². The molecule has 1 amide bonds. The minimum absolute atomic E-state index is 0.0272. The number of hydrogen-bond donors (Lipinski definition) is 0. The molecule has 0 spiro atoms. The van der Waals surface area contributed by atoms with E-state index in [2.05, 4.69) is 0 Å². The first-order chi connectivity index (χ1) is 13.1. The van der Waals surface area contributed by atoms with Gasteiger partial charge in [-0.05, 0) is 48.7 Å². The molecule has 1 atom stereocenters. The molecule has 2 heterocycles. The van der Waals surface area contributed by atoms with Gasteiger partial charge in [0, 0.05) is 6.54 Å². The number of likely N-dealkylation sites (tertiary alicyclic amines) is 1. The molecule has 7 heteroatoms. The molecule has 2 aromatic carbocycles. The standard InChI is InChI=1S/C20H19ClFNO4/c21-15-11-14(22)4-6-17(15)27-12-20(24)23-7-1-2-16(23)13-3-5-18-19(10-13)26-9-8-25-18/h3-6,10-11,16H,1-2,7-9,12H2. The number of halogens is 2. The van der Waals surface area contributed by atoms with Crippen molar-refractivity contribution in [2.24, 2.45) is 0 Å². The molecule has 142 valence electrons. The maximum absolute atomic E-state index is 13.1. The SMILES string of the molecule is O=C(COc1ccc(F)cc1Cl)N1CCCC1c1ccc2c(c1)OCCO2. The van der Waals surface area contributed by atoms with Crippen LogP contribution in [0.15, 0.2) is 36.4 Å². The molecule has 0 aromatic heterocycles. The van der Waals surface area contributed by atoms with E-state index in [1.54, 1.807) is 0 Å². The second-order valence-electron chi connectivity index (χ2n) is 6.51. The van der Waals surface area contributed by atoms with Gasteiger partial charge in [-0.15, -0.1) is 0 Å². The maximum atomic E-state index is 13.1. The van der Waals surface area contributed by atoms with Crippen molar-refractivity contribution in [1.29, 1.82) is 0 Å². The number of fused-ring (bicyclic) bond motifs is 1. The molecule has 0 bridgehead atoms. The normalized spacial score (nSPS) is 18.4. The van der Waals surface area contributed by atoms with Crippen LogP contribution in [0.3, 0.4) is 0 Å². The second kappa shape index (κ2) is 7.64. The lowest BCUT2D eigenvalue weighted by atomic mass is 10.0. The molecule has 1 fully saturated rings. The van der Waals surface area contributed by atoms with Gasteiger partial charge in [0.2, 0.25) is 0 Å². The Labute approximate surface area is 161 Å². The number of benzene rings is 2. The van der Waals surface area contributed by atoms with E-state index in [0.717, 1.165) is 30.2 Å². The summed E-state index contributed by atoms with van der Waals surface area (Å²) in [7, 11) is 0. The van der Waals surface area contributed by atoms with E-state index in [1.165, 1.54) is 12.1 Å². The zero-order valence-corrected chi connectivity index (χ0v) is 15.4. The van der Waals surface area contributed by atoms with Gasteiger partial charge >= 0.3 is 0 Å². The first-order valence-electron chi connectivity index (χ1n) is 8.89. The first-order valence-corrected chi connectivity index (χ1v) is 9.26. The van der Waals surface area contributed by atoms with Crippen LogP contribution in [0.1, 0.15) is 24.4 Å². The number of rotatable bonds is 4. The number of nitrogens with zero attached hydrogens (tertiary/aromatic N) is 1. The zero-order valence-electron chi connectivity index (χ0n) is 14.6. The highest BCUT2D eigenvalue weighted by Crippen LogP contribution is 2.38. The van der Waals surface area contributed by atoms with Crippen molar-refractivity contribution in [2.75, 3.05) is 26.4 Å². The summed E-state index contributed by atoms with van der Waals surface area (Å²) < 4.78 is 29.8. The van der Waals surface area contributed by atoms with Crippen LogP contribution in [0.2, 0.25) is 5.02 Å². The summed E-state index contributed by atoms with van der Waals surface area (Å²) in [6.07, 6.45) is 1.80. The average molecular weight is 392 g/mol. The quantitative estimate of drug-likeness (QED) is 0.790. The molecule has 4 rings (SSSR count). The Morgan fingerprint density at radius 1 is 1.19 bits per heavy atom. The van der Waals surface area contributed by atoms with Gasteiger partial charge in [0.05, 0.1) is 11.1 Å². The van der Waals surface area contributed by atoms with Crippen molar-refractivity contribution >= 4 is 17.5 Å². The number of amides is 1. The lowest BCUT2D eigenvalue weighted by Gasteiger charge is -2.26. The van der Waals surface area contributed by atoms with Crippen LogP contribution in [-0.2, 0) is 4.79 Å². The fraction of sp³-hybridized carbons (Fsp3) is 0.350. The Hall–Kier alpha value is -2.47. The highest BCUT2D eigenvalue weighted by atomic mass is 35.5. The Kier molecular flexibility index (Phi) is 5.07. The van der Waals surface area contributed by atoms with Crippen LogP contribution in [0.5, 0.6) is 17.2 Å². The van der Waals surface area contributed by atoms with Crippen molar-refractivity contribution in [3.63, 3.8) is 0 Å². The predicted molar refractivity (Wildman–Crippen MR) is 98.0 cm³/mol. The maximum Gasteiger partial charge on any atom is 0.261 e. The molecule has 0 saturated carbocycles. The molecular weight excluding hydrogens is 373 g/mol. The monoisotopic (exact) mass is 391 g/mol. The molecule has 2 aromatic rings. The summed E-state index contributed by atoms with van der Waals surface area (Å²) in [6, 6.07) is 9.62. The number of carbonyl (C=O) groups is 1. The van der Waals surface area contributed by atoms with Crippen LogP contribution in [0.25, 0.3) is 0 Å². The molecular formula is C20H19ClFNO4. The number of hydrogen-bond acceptors (Lipinski definition) is 4. The third-order valence-corrected chi connectivity index (χ3v) is 5.06. The van der Waals surface area contributed by atoms with Gasteiger partial charge in [0.1, 0.15) is 24.8 Å². The fourth-order valence-electron chi connectivity index (χ4n) is 3.49. The van der Waals surface area contributed by atoms with Crippen molar-refractivity contribution in [2.45, 2.75) is 18.9 Å². The average Bonchev–Trinajstić information content (AvgIpc) is 3.16. The Bertz CT molecular complexity index is 860. The van der Waals surface area contributed by atoms with Crippen molar-refractivity contribution in [3.05, 3.63) is 52.8 Å². The molecule has 2 aliphatic heterocycles. The summed E-state index contributed by atoms with van der Waals surface area (Å²) in [5.41, 5.74) is 1.02. The minimum atomic E-state index is -0.447. The topological polar surface area (TPSA) is 48.0 Å². The van der Waals surface area contributed by atoms with Gasteiger partial charge in [-0.2, -0.15) is 0 Å². The number of ether oxygens (including phenoxy) is 3. The molecule has 1 unspecified atom stereocenters. The van der Waals surface area contributed by atoms with Crippen LogP contribution in [0, 0.1) is 5.82 Å². The highest BCUT2D eigenvalue weighted by Gasteiger charge is 2.31. The fourth-order valence-corrected chi connectivity index (χ4v) is 3.72. The van der Waals surface area contributed by atoms with E-state index >= 15 is 0 Å². The summed E-state index contributed by atoms with van der Waals surface area (Å²) in [5.74, 6) is 1.16. The first kappa shape index (κ1) is 17.9. The van der Waals surface area contributed by atoms with Crippen LogP contribution < -0.4 is 14.2 Å². The van der Waals surface area contributed by atoms with Crippen molar-refractivity contribution in [1.82, 2.24) is 4.90 Å². The zero-order chi connectivity index (χ0) is 18.8. The van der Waals surface area contributed by atoms with Crippen LogP contribution in [0.4, 0.5) is 4.39 Å². The summed E-state index contributed by atoms with van der Waals surface area (Å²) in [6.45, 7) is 1.59. The Morgan fingerprint density at radius 3 is 2.81 bits per heavy atom. The van der Waals surface area contributed by atoms with Gasteiger partial charge in [-0.3, -0.25) is 4.79 Å². The lowest BCUT2D eigenvalue weighted by Crippen LogP contribution is -2.34. The van der Waals surface area contributed by atoms with Crippen molar-refractivity contribution in [3.8, 4) is 17.2 Å². The van der Waals surface area contributed by atoms with E-state index in [-0.39, 0.29) is 23.6 Å². The molecule has 27 heavy (non-hydrogen) atoms. The van der Waals surface area contributed by atoms with Crippen molar-refractivity contribution < 1.29 is 23.4 Å². The van der Waals surface area contributed by atoms with Gasteiger partial charge in [-0.1, -0.05) is 17.7 Å². The molecule has 0 aliphatic carbocycles.